The number of hydrogen-bond acceptors (Lipinski definition) is 7. The van der Waals surface area contributed by atoms with E-state index in [1.165, 1.54) is 7.11 Å². The number of anilines is 1. The highest BCUT2D eigenvalue weighted by Crippen LogP contribution is 2.61. The summed E-state index contributed by atoms with van der Waals surface area (Å²) in [7, 11) is 1.42. The number of carbonyl (C=O) groups is 2. The fourth-order valence-corrected chi connectivity index (χ4v) is 11.5. The molecule has 11 rings (SSSR count). The molecule has 11 heteroatoms. The molecule has 0 saturated carbocycles. The van der Waals surface area contributed by atoms with Crippen molar-refractivity contribution in [3.63, 3.8) is 0 Å². The van der Waals surface area contributed by atoms with Crippen LogP contribution >= 0.6 is 31.9 Å². The zero-order valence-corrected chi connectivity index (χ0v) is 46.2. The number of benzene rings is 8. The summed E-state index contributed by atoms with van der Waals surface area (Å²) in [5, 5.41) is 2.04. The second-order valence-electron chi connectivity index (χ2n) is 18.1. The van der Waals surface area contributed by atoms with Crippen molar-refractivity contribution in [2.75, 3.05) is 38.2 Å². The third-order valence-electron chi connectivity index (χ3n) is 14.3. The second-order valence-corrected chi connectivity index (χ2v) is 19.7. The molecule has 0 saturated heterocycles. The molecule has 0 fully saturated rings. The van der Waals surface area contributed by atoms with Crippen molar-refractivity contribution in [1.82, 2.24) is 4.58 Å². The van der Waals surface area contributed by atoms with E-state index < -0.39 is 5.60 Å². The molecular weight excluding hydrogens is 1080 g/mol. The first-order chi connectivity index (χ1) is 35.5. The summed E-state index contributed by atoms with van der Waals surface area (Å²) in [4.78, 5) is 28.4. The molecule has 1 aliphatic carbocycles. The maximum atomic E-state index is 13.3. The number of hydrogen-bond donors (Lipinski definition) is 0. The van der Waals surface area contributed by atoms with Gasteiger partial charge in [-0.25, -0.2) is 14.2 Å². The summed E-state index contributed by atoms with van der Waals surface area (Å²) in [5.41, 5.74) is 13.3. The van der Waals surface area contributed by atoms with E-state index in [2.05, 4.69) is 149 Å². The van der Waals surface area contributed by atoms with Crippen LogP contribution in [0.25, 0.3) is 55.7 Å². The quantitative estimate of drug-likeness (QED) is 0.0809. The van der Waals surface area contributed by atoms with Gasteiger partial charge in [-0.3, -0.25) is 0 Å². The Balaban J connectivity index is 0.000000179. The van der Waals surface area contributed by atoms with Gasteiger partial charge in [-0.2, -0.15) is 0 Å². The lowest BCUT2D eigenvalue weighted by Crippen LogP contribution is -3.00. The van der Waals surface area contributed by atoms with Gasteiger partial charge in [0.05, 0.1) is 32.7 Å². The van der Waals surface area contributed by atoms with E-state index in [1.807, 2.05) is 91.9 Å². The summed E-state index contributed by atoms with van der Waals surface area (Å²) >= 11 is 7.58. The van der Waals surface area contributed by atoms with Crippen LogP contribution in [-0.4, -0.2) is 45.2 Å². The van der Waals surface area contributed by atoms with E-state index in [1.54, 1.807) is 0 Å². The average Bonchev–Trinajstić information content (AvgIpc) is 3.72. The Kier molecular flexibility index (Phi) is 15.1. The molecule has 0 aromatic heterocycles. The smallest absolute Gasteiger partial charge is 0.340 e. The Morgan fingerprint density at radius 2 is 1.19 bits per heavy atom. The molecule has 1 spiro atoms. The van der Waals surface area contributed by atoms with Crippen LogP contribution in [0, 0.1) is 13.8 Å². The van der Waals surface area contributed by atoms with Crippen LogP contribution in [0.15, 0.2) is 171 Å². The van der Waals surface area contributed by atoms with E-state index in [9.17, 15) is 9.59 Å². The molecule has 374 valence electrons. The number of ether oxygens (including phenoxy) is 3. The van der Waals surface area contributed by atoms with Gasteiger partial charge < -0.3 is 35.9 Å². The molecule has 0 amide bonds. The van der Waals surface area contributed by atoms with Gasteiger partial charge in [0.1, 0.15) is 35.9 Å². The van der Waals surface area contributed by atoms with Crippen molar-refractivity contribution in [3.8, 4) is 56.2 Å². The molecule has 0 bridgehead atoms. The van der Waals surface area contributed by atoms with Gasteiger partial charge in [0.15, 0.2) is 5.60 Å². The van der Waals surface area contributed by atoms with Crippen molar-refractivity contribution >= 4 is 60.5 Å². The van der Waals surface area contributed by atoms with Gasteiger partial charge in [0.25, 0.3) is 0 Å². The van der Waals surface area contributed by atoms with E-state index >= 15 is 0 Å². The average molecular weight is 1130 g/mol. The van der Waals surface area contributed by atoms with Gasteiger partial charge in [-0.15, -0.1) is 0 Å². The third-order valence-corrected chi connectivity index (χ3v) is 16.2. The fraction of sp³-hybridized carbons (Fsp3) is 0.190. The minimum absolute atomic E-state index is 0. The highest BCUT2D eigenvalue weighted by Gasteiger charge is 2.54. The van der Waals surface area contributed by atoms with Crippen LogP contribution in [0.3, 0.4) is 0 Å². The summed E-state index contributed by atoms with van der Waals surface area (Å²) < 4.78 is 29.3. The van der Waals surface area contributed by atoms with Gasteiger partial charge in [0.2, 0.25) is 5.36 Å². The molecule has 3 heterocycles. The molecular formula is C63H55Br2ClN2O6. The largest absolute Gasteiger partial charge is 1.00 e. The number of rotatable bonds is 9. The van der Waals surface area contributed by atoms with E-state index in [4.69, 9.17) is 18.6 Å². The van der Waals surface area contributed by atoms with Crippen LogP contribution in [0.4, 0.5) is 5.69 Å². The fourth-order valence-electron chi connectivity index (χ4n) is 10.6. The Hall–Kier alpha value is -6.98. The standard InChI is InChI=1S/C32H29BrNO3.C31H26BrNO3.ClH/c1-5-34(6-2)26-19-18-24-28(22-14-10-11-15-23(22)32(35)36-4)25-17-16-20(3)29(33)31(25)37-30(24)27(26)21-12-8-7-9-13-21;1-4-33(5-2)25-18-17-23-28(26(25)20-11-7-6-8-12-20)35-29-24(16-15-19(3)27(29)32)31(23)22-14-10-9-13-21(22)30(34)36-31;/h7-19H,5-6H2,1-4H3;6-18H,4-5H2,1-3H3;1H/q+1;;/p-1. The first kappa shape index (κ1) is 51.9. The van der Waals surface area contributed by atoms with Gasteiger partial charge in [0, 0.05) is 63.6 Å². The number of esters is 2. The van der Waals surface area contributed by atoms with Crippen LogP contribution in [0.2, 0.25) is 0 Å². The van der Waals surface area contributed by atoms with E-state index in [-0.39, 0.29) is 24.3 Å². The molecule has 1 atom stereocenters. The van der Waals surface area contributed by atoms with E-state index in [0.29, 0.717) is 22.6 Å². The number of aryl methyl sites for hydroxylation is 2. The Morgan fingerprint density at radius 3 is 1.85 bits per heavy atom. The zero-order valence-electron chi connectivity index (χ0n) is 42.3. The summed E-state index contributed by atoms with van der Waals surface area (Å²) in [6.45, 7) is 16.2. The van der Waals surface area contributed by atoms with Crippen molar-refractivity contribution in [2.24, 2.45) is 0 Å². The minimum Gasteiger partial charge on any atom is -1.00 e. The number of methoxy groups -OCH3 is 1. The predicted octanol–water partition coefficient (Wildman–Crippen LogP) is 12.4. The monoisotopic (exact) mass is 1130 g/mol. The minimum atomic E-state index is -1.10. The van der Waals surface area contributed by atoms with Gasteiger partial charge in [-0.1, -0.05) is 121 Å². The number of nitrogens with zero attached hydrogens (tertiary/aromatic N) is 2. The SMILES string of the molecule is CCN(CC)c1ccc2c(c1-c1ccccc1)Oc1c(ccc(C)c1Br)C21OC(=O)c2ccccc21.CC[N+](CC)=c1ccc2c(-c3ccccc3C(=O)OC)c3ccc(C)c(Br)c3oc-2c1-c1ccccc1.[Cl-]. The molecule has 74 heavy (non-hydrogen) atoms. The molecule has 8 nitrogen and oxygen atoms in total. The van der Waals surface area contributed by atoms with Crippen molar-refractivity contribution in [2.45, 2.75) is 47.1 Å². The van der Waals surface area contributed by atoms with Crippen molar-refractivity contribution in [1.29, 1.82) is 0 Å². The zero-order chi connectivity index (χ0) is 51.1. The summed E-state index contributed by atoms with van der Waals surface area (Å²) in [6, 6.07) is 52.7. The highest BCUT2D eigenvalue weighted by atomic mass is 79.9. The van der Waals surface area contributed by atoms with E-state index in [0.717, 1.165) is 130 Å². The molecule has 4 aliphatic rings. The molecule has 0 radical (unpaired) electrons. The number of halogens is 3. The molecule has 7 aromatic rings. The van der Waals surface area contributed by atoms with Gasteiger partial charge >= 0.3 is 11.9 Å². The molecule has 3 aliphatic heterocycles. The number of carbonyl (C=O) groups excluding carboxylic acids is 2. The van der Waals surface area contributed by atoms with Crippen LogP contribution in [-0.2, 0) is 15.1 Å². The first-order valence-corrected chi connectivity index (χ1v) is 26.4. The van der Waals surface area contributed by atoms with Crippen molar-refractivity contribution in [3.05, 3.63) is 211 Å². The third kappa shape index (κ3) is 8.60. The summed E-state index contributed by atoms with van der Waals surface area (Å²) in [5.74, 6) is 1.49. The normalized spacial score (nSPS) is 13.9. The highest BCUT2D eigenvalue weighted by molar-refractivity contribution is 9.11. The Labute approximate surface area is 455 Å². The van der Waals surface area contributed by atoms with Crippen molar-refractivity contribution < 1.29 is 40.6 Å². The number of fused-ring (bicyclic) bond motifs is 8. The lowest BCUT2D eigenvalue weighted by Gasteiger charge is -2.39. The lowest BCUT2D eigenvalue weighted by molar-refractivity contribution is -0.0000714. The van der Waals surface area contributed by atoms with Gasteiger partial charge in [-0.05, 0) is 132 Å². The molecule has 0 N–H and O–H groups in total. The molecule has 1 unspecified atom stereocenters. The predicted molar refractivity (Wildman–Crippen MR) is 300 cm³/mol. The van der Waals surface area contributed by atoms with Crippen LogP contribution in [0.1, 0.15) is 76.2 Å². The Morgan fingerprint density at radius 1 is 0.608 bits per heavy atom. The Bertz CT molecular complexity index is 3660. The van der Waals surface area contributed by atoms with Crippen LogP contribution < -0.4 is 32.0 Å². The molecule has 7 aromatic carbocycles. The first-order valence-electron chi connectivity index (χ1n) is 24.8. The second kappa shape index (κ2) is 21.5. The lowest BCUT2D eigenvalue weighted by atomic mass is 9.76. The topological polar surface area (TPSA) is 81.2 Å². The maximum absolute atomic E-state index is 13.3. The maximum Gasteiger partial charge on any atom is 0.340 e. The summed E-state index contributed by atoms with van der Waals surface area (Å²) in [6.07, 6.45) is 0. The van der Waals surface area contributed by atoms with Crippen LogP contribution in [0.5, 0.6) is 11.5 Å².